The van der Waals surface area contributed by atoms with Gasteiger partial charge < -0.3 is 10.8 Å². The third-order valence-corrected chi connectivity index (χ3v) is 3.74. The molecule has 2 nitrogen and oxygen atoms in total. The SMILES string of the molecule is N[C@H](c1ccc(Cl)cc1)c1c(O)ccc2ccccc12. The van der Waals surface area contributed by atoms with Crippen LogP contribution in [0.15, 0.2) is 60.7 Å². The first-order valence-electron chi connectivity index (χ1n) is 6.38. The maximum absolute atomic E-state index is 10.2. The largest absolute Gasteiger partial charge is 0.508 e. The van der Waals surface area contributed by atoms with Crippen molar-refractivity contribution in [1.29, 1.82) is 0 Å². The van der Waals surface area contributed by atoms with E-state index < -0.39 is 6.04 Å². The minimum Gasteiger partial charge on any atom is -0.508 e. The van der Waals surface area contributed by atoms with Crippen LogP contribution in [0.5, 0.6) is 5.75 Å². The van der Waals surface area contributed by atoms with Crippen molar-refractivity contribution in [2.24, 2.45) is 5.73 Å². The van der Waals surface area contributed by atoms with Crippen molar-refractivity contribution in [3.8, 4) is 5.75 Å². The number of hydrogen-bond acceptors (Lipinski definition) is 2. The molecular weight excluding hydrogens is 270 g/mol. The Labute approximate surface area is 122 Å². The highest BCUT2D eigenvalue weighted by Crippen LogP contribution is 2.34. The summed E-state index contributed by atoms with van der Waals surface area (Å²) >= 11 is 5.90. The molecule has 3 rings (SSSR count). The lowest BCUT2D eigenvalue weighted by molar-refractivity contribution is 0.466. The monoisotopic (exact) mass is 283 g/mol. The Morgan fingerprint density at radius 1 is 0.900 bits per heavy atom. The van der Waals surface area contributed by atoms with Crippen LogP contribution in [0, 0.1) is 0 Å². The van der Waals surface area contributed by atoms with E-state index in [0.717, 1.165) is 21.9 Å². The molecule has 100 valence electrons. The van der Waals surface area contributed by atoms with Crippen LogP contribution < -0.4 is 5.73 Å². The first-order chi connectivity index (χ1) is 9.66. The fraction of sp³-hybridized carbons (Fsp3) is 0.0588. The zero-order chi connectivity index (χ0) is 14.1. The van der Waals surface area contributed by atoms with E-state index in [4.69, 9.17) is 17.3 Å². The lowest BCUT2D eigenvalue weighted by Gasteiger charge is -2.17. The number of fused-ring (bicyclic) bond motifs is 1. The Morgan fingerprint density at radius 3 is 2.35 bits per heavy atom. The molecule has 20 heavy (non-hydrogen) atoms. The normalized spacial score (nSPS) is 12.5. The number of halogens is 1. The first-order valence-corrected chi connectivity index (χ1v) is 6.76. The average Bonchev–Trinajstić information content (AvgIpc) is 2.47. The Balaban J connectivity index is 2.18. The Bertz CT molecular complexity index is 753. The maximum atomic E-state index is 10.2. The fourth-order valence-corrected chi connectivity index (χ4v) is 2.57. The summed E-state index contributed by atoms with van der Waals surface area (Å²) in [7, 11) is 0. The average molecular weight is 284 g/mol. The molecule has 1 atom stereocenters. The second kappa shape index (κ2) is 5.16. The predicted octanol–water partition coefficient (Wildman–Crippen LogP) is 4.25. The summed E-state index contributed by atoms with van der Waals surface area (Å²) in [5, 5.41) is 12.9. The maximum Gasteiger partial charge on any atom is 0.121 e. The molecule has 0 aromatic heterocycles. The van der Waals surface area contributed by atoms with Crippen LogP contribution in [0.2, 0.25) is 5.02 Å². The Kier molecular flexibility index (Phi) is 3.35. The topological polar surface area (TPSA) is 46.2 Å². The van der Waals surface area contributed by atoms with Crippen LogP contribution >= 0.6 is 11.6 Å². The standard InChI is InChI=1S/C17H14ClNO/c18-13-8-5-12(6-9-13)17(19)16-14-4-2-1-3-11(14)7-10-15(16)20/h1-10,17,20H,19H2/t17-/m1/s1. The Hall–Kier alpha value is -2.03. The molecule has 3 N–H and O–H groups in total. The van der Waals surface area contributed by atoms with Crippen molar-refractivity contribution in [1.82, 2.24) is 0 Å². The number of hydrogen-bond donors (Lipinski definition) is 2. The van der Waals surface area contributed by atoms with Crippen molar-refractivity contribution in [2.45, 2.75) is 6.04 Å². The van der Waals surface area contributed by atoms with Crippen molar-refractivity contribution < 1.29 is 5.11 Å². The van der Waals surface area contributed by atoms with Crippen LogP contribution in [0.1, 0.15) is 17.2 Å². The van der Waals surface area contributed by atoms with Gasteiger partial charge in [-0.05, 0) is 34.5 Å². The highest BCUT2D eigenvalue weighted by molar-refractivity contribution is 6.30. The summed E-state index contributed by atoms with van der Waals surface area (Å²) in [5.74, 6) is 0.214. The van der Waals surface area contributed by atoms with Gasteiger partial charge in [0.05, 0.1) is 6.04 Å². The summed E-state index contributed by atoms with van der Waals surface area (Å²) in [6.45, 7) is 0. The van der Waals surface area contributed by atoms with E-state index in [1.165, 1.54) is 0 Å². The van der Waals surface area contributed by atoms with Crippen molar-refractivity contribution in [3.63, 3.8) is 0 Å². The van der Waals surface area contributed by atoms with Crippen LogP contribution in [0.4, 0.5) is 0 Å². The van der Waals surface area contributed by atoms with E-state index in [1.807, 2.05) is 42.5 Å². The summed E-state index contributed by atoms with van der Waals surface area (Å²) in [4.78, 5) is 0. The van der Waals surface area contributed by atoms with Gasteiger partial charge in [-0.1, -0.05) is 54.1 Å². The van der Waals surface area contributed by atoms with E-state index in [2.05, 4.69) is 0 Å². The van der Waals surface area contributed by atoms with E-state index in [-0.39, 0.29) is 5.75 Å². The molecule has 0 saturated heterocycles. The summed E-state index contributed by atoms with van der Waals surface area (Å²) in [6, 6.07) is 18.5. The van der Waals surface area contributed by atoms with Crippen LogP contribution in [0.3, 0.4) is 0 Å². The molecule has 0 aliphatic heterocycles. The van der Waals surface area contributed by atoms with Gasteiger partial charge in [-0.15, -0.1) is 0 Å². The lowest BCUT2D eigenvalue weighted by Crippen LogP contribution is -2.12. The minimum atomic E-state index is -0.390. The quantitative estimate of drug-likeness (QED) is 0.739. The number of phenolic OH excluding ortho intramolecular Hbond substituents is 1. The summed E-state index contributed by atoms with van der Waals surface area (Å²) in [6.07, 6.45) is 0. The van der Waals surface area contributed by atoms with Gasteiger partial charge in [0.15, 0.2) is 0 Å². The zero-order valence-corrected chi connectivity index (χ0v) is 11.5. The van der Waals surface area contributed by atoms with Crippen LogP contribution in [-0.4, -0.2) is 5.11 Å². The van der Waals surface area contributed by atoms with Gasteiger partial charge in [-0.3, -0.25) is 0 Å². The van der Waals surface area contributed by atoms with Crippen LogP contribution in [-0.2, 0) is 0 Å². The van der Waals surface area contributed by atoms with Crippen LogP contribution in [0.25, 0.3) is 10.8 Å². The van der Waals surface area contributed by atoms with E-state index in [9.17, 15) is 5.11 Å². The fourth-order valence-electron chi connectivity index (χ4n) is 2.45. The number of phenols is 1. The van der Waals surface area contributed by atoms with E-state index in [1.54, 1.807) is 18.2 Å². The third kappa shape index (κ3) is 2.24. The summed E-state index contributed by atoms with van der Waals surface area (Å²) in [5.41, 5.74) is 7.99. The molecule has 0 unspecified atom stereocenters. The molecule has 0 aliphatic carbocycles. The highest BCUT2D eigenvalue weighted by Gasteiger charge is 2.16. The molecule has 0 amide bonds. The summed E-state index contributed by atoms with van der Waals surface area (Å²) < 4.78 is 0. The molecule has 0 spiro atoms. The van der Waals surface area contributed by atoms with Gasteiger partial charge in [0.1, 0.15) is 5.75 Å². The number of rotatable bonds is 2. The highest BCUT2D eigenvalue weighted by atomic mass is 35.5. The molecule has 0 radical (unpaired) electrons. The Morgan fingerprint density at radius 2 is 1.60 bits per heavy atom. The molecule has 3 aromatic carbocycles. The van der Waals surface area contributed by atoms with Crippen molar-refractivity contribution >= 4 is 22.4 Å². The lowest BCUT2D eigenvalue weighted by atomic mass is 9.93. The minimum absolute atomic E-state index is 0.214. The number of nitrogens with two attached hydrogens (primary N) is 1. The van der Waals surface area contributed by atoms with E-state index in [0.29, 0.717) is 5.02 Å². The number of aromatic hydroxyl groups is 1. The smallest absolute Gasteiger partial charge is 0.121 e. The molecule has 0 aliphatic rings. The molecule has 0 fully saturated rings. The van der Waals surface area contributed by atoms with Gasteiger partial charge in [0.25, 0.3) is 0 Å². The van der Waals surface area contributed by atoms with E-state index >= 15 is 0 Å². The van der Waals surface area contributed by atoms with Gasteiger partial charge in [-0.25, -0.2) is 0 Å². The molecule has 0 heterocycles. The predicted molar refractivity (Wildman–Crippen MR) is 83.1 cm³/mol. The van der Waals surface area contributed by atoms with Gasteiger partial charge in [-0.2, -0.15) is 0 Å². The third-order valence-electron chi connectivity index (χ3n) is 3.49. The van der Waals surface area contributed by atoms with Gasteiger partial charge in [0.2, 0.25) is 0 Å². The molecular formula is C17H14ClNO. The second-order valence-electron chi connectivity index (χ2n) is 4.75. The number of benzene rings is 3. The molecule has 3 aromatic rings. The zero-order valence-electron chi connectivity index (χ0n) is 10.8. The second-order valence-corrected chi connectivity index (χ2v) is 5.19. The molecule has 0 saturated carbocycles. The first kappa shape index (κ1) is 13.0. The van der Waals surface area contributed by atoms with Gasteiger partial charge in [0, 0.05) is 10.6 Å². The van der Waals surface area contributed by atoms with Crippen molar-refractivity contribution in [3.05, 3.63) is 76.8 Å². The van der Waals surface area contributed by atoms with Crippen molar-refractivity contribution in [2.75, 3.05) is 0 Å². The van der Waals surface area contributed by atoms with Gasteiger partial charge >= 0.3 is 0 Å². The molecule has 3 heteroatoms. The molecule has 0 bridgehead atoms.